The maximum absolute atomic E-state index is 4.66. The minimum atomic E-state index is 0.547. The summed E-state index contributed by atoms with van der Waals surface area (Å²) < 4.78 is 0. The molecule has 78 valence electrons. The minimum Gasteiger partial charge on any atom is -0.314 e. The third kappa shape index (κ3) is 1.54. The fraction of sp³-hybridized carbons (Fsp3) is 0.455. The van der Waals surface area contributed by atoms with Gasteiger partial charge in [-0.3, -0.25) is 0 Å². The lowest BCUT2D eigenvalue weighted by atomic mass is 10.0. The van der Waals surface area contributed by atoms with Crippen LogP contribution in [-0.2, 0) is 0 Å². The summed E-state index contributed by atoms with van der Waals surface area (Å²) in [6.45, 7) is 3.34. The van der Waals surface area contributed by atoms with Gasteiger partial charge in [0.05, 0.1) is 0 Å². The lowest BCUT2D eigenvalue weighted by molar-refractivity contribution is 0.593. The SMILES string of the molecule is CC1NCCC1c1nc2cccnc2s1. The first-order chi connectivity index (χ1) is 7.34. The summed E-state index contributed by atoms with van der Waals surface area (Å²) in [5, 5.41) is 4.70. The molecule has 0 aromatic carbocycles. The standard InChI is InChI=1S/C11H13N3S/c1-7-8(4-6-12-7)10-14-9-3-2-5-13-11(9)15-10/h2-3,5,7-8,12H,4,6H2,1H3. The zero-order valence-corrected chi connectivity index (χ0v) is 9.42. The number of rotatable bonds is 1. The molecule has 0 bridgehead atoms. The van der Waals surface area contributed by atoms with Crippen molar-refractivity contribution >= 4 is 21.7 Å². The van der Waals surface area contributed by atoms with Gasteiger partial charge < -0.3 is 5.32 Å². The first-order valence-electron chi connectivity index (χ1n) is 5.29. The Balaban J connectivity index is 2.04. The zero-order valence-electron chi connectivity index (χ0n) is 8.60. The maximum Gasteiger partial charge on any atom is 0.143 e. The molecule has 3 heterocycles. The number of nitrogens with zero attached hydrogens (tertiary/aromatic N) is 2. The first kappa shape index (κ1) is 9.24. The Labute approximate surface area is 92.6 Å². The monoisotopic (exact) mass is 219 g/mol. The summed E-state index contributed by atoms with van der Waals surface area (Å²) in [7, 11) is 0. The molecule has 1 aliphatic heterocycles. The molecule has 0 saturated carbocycles. The highest BCUT2D eigenvalue weighted by Gasteiger charge is 2.27. The highest BCUT2D eigenvalue weighted by Crippen LogP contribution is 2.32. The second-order valence-electron chi connectivity index (χ2n) is 4.02. The Morgan fingerprint density at radius 3 is 3.20 bits per heavy atom. The van der Waals surface area contributed by atoms with Gasteiger partial charge in [-0.25, -0.2) is 9.97 Å². The predicted molar refractivity (Wildman–Crippen MR) is 62.2 cm³/mol. The van der Waals surface area contributed by atoms with E-state index in [1.807, 2.05) is 18.3 Å². The lowest BCUT2D eigenvalue weighted by Gasteiger charge is -2.10. The van der Waals surface area contributed by atoms with Gasteiger partial charge in [0.25, 0.3) is 0 Å². The lowest BCUT2D eigenvalue weighted by Crippen LogP contribution is -2.21. The van der Waals surface area contributed by atoms with Gasteiger partial charge in [-0.15, -0.1) is 0 Å². The summed E-state index contributed by atoms with van der Waals surface area (Å²) in [5.74, 6) is 0.573. The molecule has 1 aliphatic rings. The van der Waals surface area contributed by atoms with Gasteiger partial charge in [0, 0.05) is 18.2 Å². The fourth-order valence-corrected chi connectivity index (χ4v) is 3.29. The van der Waals surface area contributed by atoms with Crippen LogP contribution < -0.4 is 5.32 Å². The molecule has 1 N–H and O–H groups in total. The summed E-state index contributed by atoms with van der Waals surface area (Å²) >= 11 is 1.74. The number of fused-ring (bicyclic) bond motifs is 1. The van der Waals surface area contributed by atoms with Gasteiger partial charge in [0.1, 0.15) is 15.4 Å². The van der Waals surface area contributed by atoms with Crippen molar-refractivity contribution in [3.8, 4) is 0 Å². The molecule has 3 rings (SSSR count). The largest absolute Gasteiger partial charge is 0.314 e. The zero-order chi connectivity index (χ0) is 10.3. The molecule has 1 saturated heterocycles. The van der Waals surface area contributed by atoms with Crippen molar-refractivity contribution in [2.45, 2.75) is 25.3 Å². The number of aromatic nitrogens is 2. The summed E-state index contributed by atoms with van der Waals surface area (Å²) in [6.07, 6.45) is 3.03. The van der Waals surface area contributed by atoms with Gasteiger partial charge in [0.15, 0.2) is 0 Å². The van der Waals surface area contributed by atoms with Crippen LogP contribution in [0.1, 0.15) is 24.3 Å². The van der Waals surface area contributed by atoms with E-state index in [0.29, 0.717) is 12.0 Å². The highest BCUT2D eigenvalue weighted by atomic mass is 32.1. The van der Waals surface area contributed by atoms with Crippen LogP contribution in [0.3, 0.4) is 0 Å². The van der Waals surface area contributed by atoms with Crippen molar-refractivity contribution in [1.29, 1.82) is 0 Å². The third-order valence-corrected chi connectivity index (χ3v) is 4.14. The maximum atomic E-state index is 4.66. The Hall–Kier alpha value is -1.00. The Kier molecular flexibility index (Phi) is 2.18. The number of thiazole rings is 1. The van der Waals surface area contributed by atoms with E-state index in [2.05, 4.69) is 22.2 Å². The van der Waals surface area contributed by atoms with Gasteiger partial charge in [-0.05, 0) is 32.0 Å². The van der Waals surface area contributed by atoms with E-state index in [1.165, 1.54) is 11.4 Å². The smallest absolute Gasteiger partial charge is 0.143 e. The molecule has 0 spiro atoms. The number of nitrogens with one attached hydrogen (secondary N) is 1. The quantitative estimate of drug-likeness (QED) is 0.798. The van der Waals surface area contributed by atoms with E-state index in [9.17, 15) is 0 Å². The van der Waals surface area contributed by atoms with Crippen LogP contribution in [0.2, 0.25) is 0 Å². The van der Waals surface area contributed by atoms with Crippen LogP contribution in [0.25, 0.3) is 10.3 Å². The average molecular weight is 219 g/mol. The fourth-order valence-electron chi connectivity index (χ4n) is 2.14. The summed E-state index contributed by atoms with van der Waals surface area (Å²) in [6, 6.07) is 4.53. The first-order valence-corrected chi connectivity index (χ1v) is 6.11. The van der Waals surface area contributed by atoms with Crippen LogP contribution in [0.4, 0.5) is 0 Å². The molecule has 15 heavy (non-hydrogen) atoms. The van der Waals surface area contributed by atoms with Gasteiger partial charge >= 0.3 is 0 Å². The molecule has 0 aliphatic carbocycles. The Morgan fingerprint density at radius 1 is 1.53 bits per heavy atom. The molecular formula is C11H13N3S. The van der Waals surface area contributed by atoms with Crippen molar-refractivity contribution in [2.24, 2.45) is 0 Å². The molecule has 2 aromatic rings. The van der Waals surface area contributed by atoms with E-state index in [-0.39, 0.29) is 0 Å². The van der Waals surface area contributed by atoms with Crippen LogP contribution >= 0.6 is 11.3 Å². The van der Waals surface area contributed by atoms with Gasteiger partial charge in [-0.2, -0.15) is 0 Å². The Bertz CT molecular complexity index is 446. The van der Waals surface area contributed by atoms with Crippen LogP contribution in [0.5, 0.6) is 0 Å². The molecule has 0 amide bonds. The van der Waals surface area contributed by atoms with Crippen molar-refractivity contribution < 1.29 is 0 Å². The van der Waals surface area contributed by atoms with Crippen LogP contribution in [-0.4, -0.2) is 22.6 Å². The van der Waals surface area contributed by atoms with Crippen LogP contribution in [0.15, 0.2) is 18.3 Å². The molecule has 3 nitrogen and oxygen atoms in total. The molecule has 2 unspecified atom stereocenters. The molecule has 2 aromatic heterocycles. The predicted octanol–water partition coefficient (Wildman–Crippen LogP) is 2.16. The van der Waals surface area contributed by atoms with Crippen molar-refractivity contribution in [3.63, 3.8) is 0 Å². The van der Waals surface area contributed by atoms with Crippen molar-refractivity contribution in [2.75, 3.05) is 6.54 Å². The van der Waals surface area contributed by atoms with Crippen molar-refractivity contribution in [1.82, 2.24) is 15.3 Å². The summed E-state index contributed by atoms with van der Waals surface area (Å²) in [5.41, 5.74) is 1.04. The van der Waals surface area contributed by atoms with Crippen molar-refractivity contribution in [3.05, 3.63) is 23.3 Å². The van der Waals surface area contributed by atoms with Gasteiger partial charge in [0.2, 0.25) is 0 Å². The molecule has 2 atom stereocenters. The number of hydrogen-bond acceptors (Lipinski definition) is 4. The second-order valence-corrected chi connectivity index (χ2v) is 5.03. The second kappa shape index (κ2) is 3.54. The molecule has 4 heteroatoms. The van der Waals surface area contributed by atoms with Gasteiger partial charge in [-0.1, -0.05) is 11.3 Å². The van der Waals surface area contributed by atoms with E-state index in [0.717, 1.165) is 16.9 Å². The molecular weight excluding hydrogens is 206 g/mol. The average Bonchev–Trinajstić information content (AvgIpc) is 2.82. The van der Waals surface area contributed by atoms with E-state index in [1.54, 1.807) is 11.3 Å². The third-order valence-electron chi connectivity index (χ3n) is 3.03. The summed E-state index contributed by atoms with van der Waals surface area (Å²) in [4.78, 5) is 10.1. The van der Waals surface area contributed by atoms with E-state index >= 15 is 0 Å². The minimum absolute atomic E-state index is 0.547. The molecule has 0 radical (unpaired) electrons. The topological polar surface area (TPSA) is 37.8 Å². The van der Waals surface area contributed by atoms with Crippen LogP contribution in [0, 0.1) is 0 Å². The number of pyridine rings is 1. The van der Waals surface area contributed by atoms with E-state index in [4.69, 9.17) is 0 Å². The number of hydrogen-bond donors (Lipinski definition) is 1. The Morgan fingerprint density at radius 2 is 2.47 bits per heavy atom. The highest BCUT2D eigenvalue weighted by molar-refractivity contribution is 7.18. The van der Waals surface area contributed by atoms with E-state index < -0.39 is 0 Å². The molecule has 1 fully saturated rings. The normalized spacial score (nSPS) is 26.2.